The normalized spacial score (nSPS) is 17.4. The Balaban J connectivity index is 1.72. The number of nitrogens with zero attached hydrogens (tertiary/aromatic N) is 2. The molecule has 0 spiro atoms. The molecule has 0 bridgehead atoms. The molecule has 3 heterocycles. The zero-order valence-electron chi connectivity index (χ0n) is 21.0. The third-order valence-corrected chi connectivity index (χ3v) is 5.90. The Hall–Kier alpha value is -3.08. The third kappa shape index (κ3) is 5.50. The molecule has 194 valence electrons. The number of hydrogen-bond acceptors (Lipinski definition) is 7. The number of ether oxygens (including phenoxy) is 2. The first-order chi connectivity index (χ1) is 17.0. The lowest BCUT2D eigenvalue weighted by Crippen LogP contribution is -2.48. The number of fused-ring (bicyclic) bond motifs is 1. The predicted molar refractivity (Wildman–Crippen MR) is 129 cm³/mol. The highest BCUT2D eigenvalue weighted by molar-refractivity contribution is 5.86. The number of halogens is 2. The quantitative estimate of drug-likeness (QED) is 0.496. The van der Waals surface area contributed by atoms with E-state index in [4.69, 9.17) is 13.9 Å². The van der Waals surface area contributed by atoms with Crippen LogP contribution in [0.1, 0.15) is 43.8 Å². The molecule has 2 aromatic heterocycles. The first kappa shape index (κ1) is 26.0. The van der Waals surface area contributed by atoms with Crippen LogP contribution in [-0.2, 0) is 15.9 Å². The number of pyridine rings is 1. The first-order valence-corrected chi connectivity index (χ1v) is 11.8. The Labute approximate surface area is 208 Å². The van der Waals surface area contributed by atoms with Gasteiger partial charge in [0.25, 0.3) is 0 Å². The fourth-order valence-corrected chi connectivity index (χ4v) is 4.22. The van der Waals surface area contributed by atoms with Crippen LogP contribution in [0.5, 0.6) is 0 Å². The van der Waals surface area contributed by atoms with E-state index in [9.17, 15) is 9.90 Å². The molecule has 1 aliphatic heterocycles. The Bertz CT molecular complexity index is 1250. The molecule has 1 aliphatic rings. The fraction of sp³-hybridized carbons (Fsp3) is 0.462. The van der Waals surface area contributed by atoms with Crippen LogP contribution < -0.4 is 5.32 Å². The number of nitrogens with one attached hydrogen (secondary N) is 1. The molecule has 8 nitrogen and oxygen atoms in total. The molecule has 2 N–H and O–H groups in total. The molecule has 0 saturated carbocycles. The molecule has 1 saturated heterocycles. The number of aliphatic hydroxyl groups excluding tert-OH is 1. The van der Waals surface area contributed by atoms with Crippen molar-refractivity contribution in [1.29, 1.82) is 0 Å². The Kier molecular flexibility index (Phi) is 7.31. The van der Waals surface area contributed by atoms with Crippen molar-refractivity contribution in [2.75, 3.05) is 26.7 Å². The molecule has 1 fully saturated rings. The number of aromatic nitrogens is 1. The van der Waals surface area contributed by atoms with Crippen molar-refractivity contribution in [3.8, 4) is 11.3 Å². The highest BCUT2D eigenvalue weighted by Gasteiger charge is 2.31. The summed E-state index contributed by atoms with van der Waals surface area (Å²) in [5.41, 5.74) is 0.516. The van der Waals surface area contributed by atoms with Crippen molar-refractivity contribution in [3.05, 3.63) is 52.7 Å². The van der Waals surface area contributed by atoms with E-state index < -0.39 is 35.7 Å². The van der Waals surface area contributed by atoms with E-state index in [2.05, 4.69) is 10.3 Å². The highest BCUT2D eigenvalue weighted by atomic mass is 19.1. The number of aryl methyl sites for hydroxylation is 1. The van der Waals surface area contributed by atoms with E-state index in [-0.39, 0.29) is 35.6 Å². The summed E-state index contributed by atoms with van der Waals surface area (Å²) in [6, 6.07) is 5.72. The largest absolute Gasteiger partial charge is 0.444 e. The number of aliphatic hydroxyl groups is 1. The van der Waals surface area contributed by atoms with E-state index in [1.807, 2.05) is 0 Å². The van der Waals surface area contributed by atoms with Crippen LogP contribution in [0, 0.1) is 18.6 Å². The minimum Gasteiger partial charge on any atom is -0.444 e. The van der Waals surface area contributed by atoms with Gasteiger partial charge in [0.1, 0.15) is 29.2 Å². The molecule has 2 atom stereocenters. The van der Waals surface area contributed by atoms with Crippen LogP contribution in [0.25, 0.3) is 22.4 Å². The lowest BCUT2D eigenvalue weighted by Gasteiger charge is -2.34. The van der Waals surface area contributed by atoms with Crippen molar-refractivity contribution < 1.29 is 32.6 Å². The molecule has 3 aromatic rings. The van der Waals surface area contributed by atoms with E-state index in [0.29, 0.717) is 29.8 Å². The monoisotopic (exact) mass is 503 g/mol. The van der Waals surface area contributed by atoms with Gasteiger partial charge in [-0.05, 0) is 59.0 Å². The molecule has 1 unspecified atom stereocenters. The van der Waals surface area contributed by atoms with E-state index in [0.717, 1.165) is 12.1 Å². The Morgan fingerprint density at radius 3 is 2.64 bits per heavy atom. The van der Waals surface area contributed by atoms with Crippen molar-refractivity contribution in [3.63, 3.8) is 0 Å². The van der Waals surface area contributed by atoms with Gasteiger partial charge in [-0.15, -0.1) is 0 Å². The lowest BCUT2D eigenvalue weighted by atomic mass is 9.98. The zero-order chi connectivity index (χ0) is 26.2. The van der Waals surface area contributed by atoms with Gasteiger partial charge >= 0.3 is 6.09 Å². The average Bonchev–Trinajstić information content (AvgIpc) is 3.13. The van der Waals surface area contributed by atoms with Gasteiger partial charge in [-0.25, -0.2) is 18.6 Å². The standard InChI is InChI=1S/C26H31F2N3O5/c1-14-6-7-17-18(12-16-13-31(8-9-34-16)25(33)36-26(2,3)4)22(35-24(17)30-14)21-19(27)10-15(11-20(21)28)23(32)29-5/h6-7,10-11,16,23,29,32H,8-9,12-13H2,1-5H3/t16-,23?/m0/s1. The van der Waals surface area contributed by atoms with Gasteiger partial charge in [-0.3, -0.25) is 5.32 Å². The van der Waals surface area contributed by atoms with Crippen LogP contribution in [0.15, 0.2) is 28.7 Å². The maximum atomic E-state index is 15.2. The highest BCUT2D eigenvalue weighted by Crippen LogP contribution is 2.38. The van der Waals surface area contributed by atoms with Gasteiger partial charge in [0.15, 0.2) is 0 Å². The summed E-state index contributed by atoms with van der Waals surface area (Å²) in [6.45, 7) is 8.11. The van der Waals surface area contributed by atoms with Crippen LogP contribution in [-0.4, -0.2) is 59.5 Å². The molecule has 0 aliphatic carbocycles. The number of furan rings is 1. The number of amides is 1. The summed E-state index contributed by atoms with van der Waals surface area (Å²) < 4.78 is 47.8. The van der Waals surface area contributed by atoms with Crippen molar-refractivity contribution >= 4 is 17.2 Å². The van der Waals surface area contributed by atoms with E-state index in [1.54, 1.807) is 44.7 Å². The second-order valence-corrected chi connectivity index (χ2v) is 9.89. The first-order valence-electron chi connectivity index (χ1n) is 11.8. The second-order valence-electron chi connectivity index (χ2n) is 9.89. The smallest absolute Gasteiger partial charge is 0.410 e. The maximum Gasteiger partial charge on any atom is 0.410 e. The van der Waals surface area contributed by atoms with Crippen molar-refractivity contribution in [1.82, 2.24) is 15.2 Å². The molecular weight excluding hydrogens is 472 g/mol. The SMILES string of the molecule is CNC(O)c1cc(F)c(-c2oc3nc(C)ccc3c2C[C@H]2CN(C(=O)OC(C)(C)C)CCO2)c(F)c1. The number of rotatable bonds is 5. The van der Waals surface area contributed by atoms with E-state index in [1.165, 1.54) is 7.05 Å². The number of hydrogen-bond donors (Lipinski definition) is 2. The van der Waals surface area contributed by atoms with Gasteiger partial charge < -0.3 is 23.9 Å². The summed E-state index contributed by atoms with van der Waals surface area (Å²) in [5, 5.41) is 13.1. The Morgan fingerprint density at radius 2 is 2.00 bits per heavy atom. The zero-order valence-corrected chi connectivity index (χ0v) is 21.0. The second kappa shape index (κ2) is 10.1. The van der Waals surface area contributed by atoms with Gasteiger partial charge in [-0.2, -0.15) is 0 Å². The van der Waals surface area contributed by atoms with Crippen LogP contribution >= 0.6 is 0 Å². The number of carbonyl (C=O) groups excluding carboxylic acids is 1. The van der Waals surface area contributed by atoms with Gasteiger partial charge in [0, 0.05) is 35.2 Å². The fourth-order valence-electron chi connectivity index (χ4n) is 4.22. The summed E-state index contributed by atoms with van der Waals surface area (Å²) in [7, 11) is 1.48. The minimum atomic E-state index is -1.23. The average molecular weight is 504 g/mol. The molecule has 10 heteroatoms. The van der Waals surface area contributed by atoms with Crippen LogP contribution in [0.3, 0.4) is 0 Å². The number of carbonyl (C=O) groups is 1. The summed E-state index contributed by atoms with van der Waals surface area (Å²) in [4.78, 5) is 18.6. The summed E-state index contributed by atoms with van der Waals surface area (Å²) in [6.07, 6.45) is -1.90. The number of benzene rings is 1. The van der Waals surface area contributed by atoms with Gasteiger partial charge in [-0.1, -0.05) is 0 Å². The number of morpholine rings is 1. The molecule has 1 aromatic carbocycles. The van der Waals surface area contributed by atoms with Crippen LogP contribution in [0.4, 0.5) is 13.6 Å². The van der Waals surface area contributed by atoms with Crippen LogP contribution in [0.2, 0.25) is 0 Å². The van der Waals surface area contributed by atoms with E-state index >= 15 is 8.78 Å². The molecule has 4 rings (SSSR count). The van der Waals surface area contributed by atoms with Gasteiger partial charge in [0.05, 0.1) is 24.8 Å². The van der Waals surface area contributed by atoms with Crippen molar-refractivity contribution in [2.45, 2.75) is 52.0 Å². The predicted octanol–water partition coefficient (Wildman–Crippen LogP) is 4.47. The maximum absolute atomic E-state index is 15.2. The topological polar surface area (TPSA) is 97.1 Å². The van der Waals surface area contributed by atoms with Gasteiger partial charge in [0.2, 0.25) is 5.71 Å². The molecule has 1 amide bonds. The summed E-state index contributed by atoms with van der Waals surface area (Å²) >= 11 is 0. The minimum absolute atomic E-state index is 0.00147. The lowest BCUT2D eigenvalue weighted by molar-refractivity contribution is -0.0414. The molecule has 36 heavy (non-hydrogen) atoms. The Morgan fingerprint density at radius 1 is 1.31 bits per heavy atom. The van der Waals surface area contributed by atoms with Crippen molar-refractivity contribution in [2.24, 2.45) is 0 Å². The summed E-state index contributed by atoms with van der Waals surface area (Å²) in [5.74, 6) is -1.76. The molecular formula is C26H31F2N3O5. The third-order valence-electron chi connectivity index (χ3n) is 5.90. The molecule has 0 radical (unpaired) electrons.